The van der Waals surface area contributed by atoms with Crippen LogP contribution in [-0.2, 0) is 13.1 Å². The highest BCUT2D eigenvalue weighted by Crippen LogP contribution is 2.36. The number of aromatic nitrogens is 3. The highest BCUT2D eigenvalue weighted by atomic mass is 79.9. The SMILES string of the molecule is COc1cc(CNCCn2ccnn2)cc(Br)c1OC. The van der Waals surface area contributed by atoms with Crippen molar-refractivity contribution < 1.29 is 9.47 Å². The minimum atomic E-state index is 0.707. The van der Waals surface area contributed by atoms with Crippen LogP contribution in [0.25, 0.3) is 0 Å². The van der Waals surface area contributed by atoms with Crippen molar-refractivity contribution in [2.75, 3.05) is 20.8 Å². The fraction of sp³-hybridized carbons (Fsp3) is 0.385. The van der Waals surface area contributed by atoms with Crippen molar-refractivity contribution in [3.05, 3.63) is 34.6 Å². The zero-order valence-corrected chi connectivity index (χ0v) is 13.1. The van der Waals surface area contributed by atoms with E-state index in [9.17, 15) is 0 Å². The number of nitrogens with one attached hydrogen (secondary N) is 1. The number of halogens is 1. The first-order valence-electron chi connectivity index (χ1n) is 6.20. The van der Waals surface area contributed by atoms with Gasteiger partial charge in [0.05, 0.1) is 31.4 Å². The Hall–Kier alpha value is -1.60. The molecule has 6 nitrogen and oxygen atoms in total. The van der Waals surface area contributed by atoms with Crippen molar-refractivity contribution in [3.8, 4) is 11.5 Å². The Balaban J connectivity index is 1.91. The highest BCUT2D eigenvalue weighted by molar-refractivity contribution is 9.10. The summed E-state index contributed by atoms with van der Waals surface area (Å²) in [5, 5.41) is 11.0. The van der Waals surface area contributed by atoms with Crippen LogP contribution >= 0.6 is 15.9 Å². The normalized spacial score (nSPS) is 10.6. The smallest absolute Gasteiger partial charge is 0.174 e. The molecule has 1 heterocycles. The van der Waals surface area contributed by atoms with E-state index < -0.39 is 0 Å². The molecule has 0 aliphatic heterocycles. The topological polar surface area (TPSA) is 61.2 Å². The van der Waals surface area contributed by atoms with Gasteiger partial charge in [-0.3, -0.25) is 4.68 Å². The van der Waals surface area contributed by atoms with Crippen molar-refractivity contribution in [2.24, 2.45) is 0 Å². The fourth-order valence-electron chi connectivity index (χ4n) is 1.85. The lowest BCUT2D eigenvalue weighted by atomic mass is 10.2. The average Bonchev–Trinajstić information content (AvgIpc) is 2.96. The van der Waals surface area contributed by atoms with Crippen LogP contribution in [0.15, 0.2) is 29.0 Å². The van der Waals surface area contributed by atoms with E-state index in [-0.39, 0.29) is 0 Å². The molecule has 2 rings (SSSR count). The van der Waals surface area contributed by atoms with Gasteiger partial charge >= 0.3 is 0 Å². The van der Waals surface area contributed by atoms with Crippen LogP contribution in [-0.4, -0.2) is 35.8 Å². The largest absolute Gasteiger partial charge is 0.493 e. The van der Waals surface area contributed by atoms with Crippen molar-refractivity contribution in [3.63, 3.8) is 0 Å². The van der Waals surface area contributed by atoms with Gasteiger partial charge in [-0.25, -0.2) is 0 Å². The molecule has 7 heteroatoms. The van der Waals surface area contributed by atoms with Crippen LogP contribution in [0.2, 0.25) is 0 Å². The highest BCUT2D eigenvalue weighted by Gasteiger charge is 2.10. The van der Waals surface area contributed by atoms with Gasteiger partial charge in [-0.1, -0.05) is 5.21 Å². The van der Waals surface area contributed by atoms with Crippen LogP contribution in [0.4, 0.5) is 0 Å². The van der Waals surface area contributed by atoms with Crippen molar-refractivity contribution >= 4 is 15.9 Å². The monoisotopic (exact) mass is 340 g/mol. The third-order valence-corrected chi connectivity index (χ3v) is 3.40. The molecule has 108 valence electrons. The molecule has 0 amide bonds. The number of rotatable bonds is 7. The average molecular weight is 341 g/mol. The lowest BCUT2D eigenvalue weighted by Gasteiger charge is -2.12. The van der Waals surface area contributed by atoms with Crippen molar-refractivity contribution in [2.45, 2.75) is 13.1 Å². The summed E-state index contributed by atoms with van der Waals surface area (Å²) < 4.78 is 13.3. The van der Waals surface area contributed by atoms with Crippen molar-refractivity contribution in [1.82, 2.24) is 20.3 Å². The number of hydrogen-bond acceptors (Lipinski definition) is 5. The number of benzene rings is 1. The van der Waals surface area contributed by atoms with Crippen LogP contribution in [0.1, 0.15) is 5.56 Å². The molecule has 0 aliphatic carbocycles. The number of ether oxygens (including phenoxy) is 2. The molecule has 0 fully saturated rings. The second-order valence-electron chi connectivity index (χ2n) is 4.16. The molecule has 0 bridgehead atoms. The van der Waals surface area contributed by atoms with Crippen LogP contribution < -0.4 is 14.8 Å². The lowest BCUT2D eigenvalue weighted by Crippen LogP contribution is -2.19. The first-order valence-corrected chi connectivity index (χ1v) is 6.99. The molecular weight excluding hydrogens is 324 g/mol. The Kier molecular flexibility index (Phi) is 5.37. The van der Waals surface area contributed by atoms with E-state index >= 15 is 0 Å². The summed E-state index contributed by atoms with van der Waals surface area (Å²) in [6.07, 6.45) is 3.51. The summed E-state index contributed by atoms with van der Waals surface area (Å²) in [5.41, 5.74) is 1.12. The van der Waals surface area contributed by atoms with Crippen molar-refractivity contribution in [1.29, 1.82) is 0 Å². The Labute approximate surface area is 126 Å². The Bertz CT molecular complexity index is 546. The molecule has 1 aromatic carbocycles. The van der Waals surface area contributed by atoms with Crippen LogP contribution in [0, 0.1) is 0 Å². The van der Waals surface area contributed by atoms with E-state index in [4.69, 9.17) is 9.47 Å². The molecule has 1 N–H and O–H groups in total. The Morgan fingerprint density at radius 1 is 1.30 bits per heavy atom. The molecular formula is C13H17BrN4O2. The molecule has 0 aliphatic rings. The third-order valence-electron chi connectivity index (χ3n) is 2.81. The summed E-state index contributed by atoms with van der Waals surface area (Å²) in [7, 11) is 3.25. The quantitative estimate of drug-likeness (QED) is 0.779. The molecule has 0 unspecified atom stereocenters. The molecule has 0 spiro atoms. The molecule has 0 saturated carbocycles. The van der Waals surface area contributed by atoms with Gasteiger partial charge in [-0.2, -0.15) is 0 Å². The first-order chi connectivity index (χ1) is 9.74. The molecule has 0 radical (unpaired) electrons. The predicted octanol–water partition coefficient (Wildman–Crippen LogP) is 1.85. The zero-order valence-electron chi connectivity index (χ0n) is 11.5. The summed E-state index contributed by atoms with van der Waals surface area (Å²) >= 11 is 3.48. The van der Waals surface area contributed by atoms with Gasteiger partial charge in [0, 0.05) is 19.3 Å². The van der Waals surface area contributed by atoms with E-state index in [0.29, 0.717) is 5.75 Å². The molecule has 20 heavy (non-hydrogen) atoms. The van der Waals surface area contributed by atoms with Gasteiger partial charge in [-0.15, -0.1) is 5.10 Å². The summed E-state index contributed by atoms with van der Waals surface area (Å²) in [6, 6.07) is 3.98. The van der Waals surface area contributed by atoms with Gasteiger partial charge in [0.25, 0.3) is 0 Å². The fourth-order valence-corrected chi connectivity index (χ4v) is 2.50. The minimum Gasteiger partial charge on any atom is -0.493 e. The van der Waals surface area contributed by atoms with E-state index in [1.165, 1.54) is 0 Å². The van der Waals surface area contributed by atoms with Gasteiger partial charge in [0.15, 0.2) is 11.5 Å². The van der Waals surface area contributed by atoms with Gasteiger partial charge in [0.2, 0.25) is 0 Å². The number of hydrogen-bond donors (Lipinski definition) is 1. The van der Waals surface area contributed by atoms with E-state index in [1.807, 2.05) is 18.3 Å². The molecule has 2 aromatic rings. The zero-order chi connectivity index (χ0) is 14.4. The predicted molar refractivity (Wildman–Crippen MR) is 79.0 cm³/mol. The van der Waals surface area contributed by atoms with Gasteiger partial charge in [-0.05, 0) is 33.6 Å². The summed E-state index contributed by atoms with van der Waals surface area (Å²) in [4.78, 5) is 0. The van der Waals surface area contributed by atoms with Gasteiger partial charge < -0.3 is 14.8 Å². The maximum Gasteiger partial charge on any atom is 0.174 e. The Morgan fingerprint density at radius 2 is 2.15 bits per heavy atom. The first kappa shape index (κ1) is 14.8. The lowest BCUT2D eigenvalue weighted by molar-refractivity contribution is 0.352. The maximum absolute atomic E-state index is 5.32. The van der Waals surface area contributed by atoms with E-state index in [0.717, 1.165) is 35.4 Å². The summed E-state index contributed by atoms with van der Waals surface area (Å²) in [6.45, 7) is 2.34. The van der Waals surface area contributed by atoms with Gasteiger partial charge in [0.1, 0.15) is 0 Å². The van der Waals surface area contributed by atoms with E-state index in [1.54, 1.807) is 25.1 Å². The van der Waals surface area contributed by atoms with Crippen LogP contribution in [0.3, 0.4) is 0 Å². The van der Waals surface area contributed by atoms with E-state index in [2.05, 4.69) is 31.6 Å². The summed E-state index contributed by atoms with van der Waals surface area (Å²) in [5.74, 6) is 1.42. The van der Waals surface area contributed by atoms with Crippen LogP contribution in [0.5, 0.6) is 11.5 Å². The molecule has 0 atom stereocenters. The molecule has 0 saturated heterocycles. The number of nitrogens with zero attached hydrogens (tertiary/aromatic N) is 3. The Morgan fingerprint density at radius 3 is 2.80 bits per heavy atom. The standard InChI is InChI=1S/C13H17BrN4O2/c1-19-12-8-10(7-11(14)13(12)20-2)9-15-3-5-18-6-4-16-17-18/h4,6-8,15H,3,5,9H2,1-2H3. The number of methoxy groups -OCH3 is 2. The second-order valence-corrected chi connectivity index (χ2v) is 5.01. The second kappa shape index (κ2) is 7.25. The maximum atomic E-state index is 5.32. The molecule has 1 aromatic heterocycles. The minimum absolute atomic E-state index is 0.707. The third kappa shape index (κ3) is 3.71.